The molecule has 0 bridgehead atoms. The van der Waals surface area contributed by atoms with Gasteiger partial charge in [0.2, 0.25) is 5.91 Å². The van der Waals surface area contributed by atoms with Gasteiger partial charge in [-0.05, 0) is 37.1 Å². The number of nitriles is 1. The van der Waals surface area contributed by atoms with Crippen LogP contribution in [0.3, 0.4) is 0 Å². The Labute approximate surface area is 157 Å². The summed E-state index contributed by atoms with van der Waals surface area (Å²) in [4.78, 5) is 23.5. The van der Waals surface area contributed by atoms with Gasteiger partial charge in [0, 0.05) is 30.6 Å². The van der Waals surface area contributed by atoms with Crippen LogP contribution in [0, 0.1) is 17.2 Å². The lowest BCUT2D eigenvalue weighted by atomic mass is 9.95. The topological polar surface area (TPSA) is 81.9 Å². The van der Waals surface area contributed by atoms with E-state index in [0.717, 1.165) is 48.3 Å². The predicted octanol–water partition coefficient (Wildman–Crippen LogP) is 3.36. The highest BCUT2D eigenvalue weighted by molar-refractivity contribution is 5.94. The number of amides is 1. The fourth-order valence-corrected chi connectivity index (χ4v) is 3.39. The van der Waals surface area contributed by atoms with E-state index in [0.29, 0.717) is 5.56 Å². The Hall–Kier alpha value is -3.46. The molecule has 1 aromatic carbocycles. The third-order valence-corrected chi connectivity index (χ3v) is 4.92. The molecule has 6 nitrogen and oxygen atoms in total. The number of fused-ring (bicyclic) bond motifs is 1. The number of pyridine rings is 2. The first-order chi connectivity index (χ1) is 13.2. The smallest absolute Gasteiger partial charge is 0.227 e. The second kappa shape index (κ2) is 7.42. The summed E-state index contributed by atoms with van der Waals surface area (Å²) < 4.78 is 0. The summed E-state index contributed by atoms with van der Waals surface area (Å²) in [6.45, 7) is 1.54. The van der Waals surface area contributed by atoms with Crippen molar-refractivity contribution < 1.29 is 4.79 Å². The molecule has 6 heteroatoms. The number of hydrogen-bond donors (Lipinski definition) is 1. The summed E-state index contributed by atoms with van der Waals surface area (Å²) in [5.74, 6) is 0.872. The van der Waals surface area contributed by atoms with Gasteiger partial charge in [0.25, 0.3) is 0 Å². The van der Waals surface area contributed by atoms with Gasteiger partial charge in [0.05, 0.1) is 23.0 Å². The van der Waals surface area contributed by atoms with Crippen molar-refractivity contribution in [2.24, 2.45) is 5.92 Å². The van der Waals surface area contributed by atoms with E-state index < -0.39 is 0 Å². The van der Waals surface area contributed by atoms with Crippen molar-refractivity contribution in [2.45, 2.75) is 12.8 Å². The highest BCUT2D eigenvalue weighted by atomic mass is 16.1. The molecule has 1 aliphatic heterocycles. The lowest BCUT2D eigenvalue weighted by molar-refractivity contribution is -0.120. The summed E-state index contributed by atoms with van der Waals surface area (Å²) >= 11 is 0. The lowest BCUT2D eigenvalue weighted by Crippen LogP contribution is -2.38. The normalized spacial score (nSPS) is 14.7. The Morgan fingerprint density at radius 3 is 2.67 bits per heavy atom. The first-order valence-electron chi connectivity index (χ1n) is 9.00. The highest BCUT2D eigenvalue weighted by Gasteiger charge is 2.25. The van der Waals surface area contributed by atoms with Gasteiger partial charge in [0.1, 0.15) is 11.9 Å². The van der Waals surface area contributed by atoms with E-state index in [1.54, 1.807) is 18.5 Å². The van der Waals surface area contributed by atoms with Crippen LogP contribution in [-0.4, -0.2) is 29.0 Å². The van der Waals surface area contributed by atoms with Crippen LogP contribution in [0.2, 0.25) is 0 Å². The molecule has 1 fully saturated rings. The second-order valence-corrected chi connectivity index (χ2v) is 6.68. The van der Waals surface area contributed by atoms with E-state index in [9.17, 15) is 4.79 Å². The average Bonchev–Trinajstić information content (AvgIpc) is 2.74. The standard InChI is InChI=1S/C21H19N5O/c22-12-15-5-6-20(24-13-15)26-9-7-16(8-10-26)21(27)25-18-11-17-3-1-2-4-19(17)23-14-18/h1-6,11,13-14,16H,7-10H2,(H,25,27). The van der Waals surface area contributed by atoms with Crippen molar-refractivity contribution in [2.75, 3.05) is 23.3 Å². The fourth-order valence-electron chi connectivity index (χ4n) is 3.39. The SMILES string of the molecule is N#Cc1ccc(N2CCC(C(=O)Nc3cnc4ccccc4c3)CC2)nc1. The molecular weight excluding hydrogens is 338 g/mol. The van der Waals surface area contributed by atoms with Gasteiger partial charge in [-0.1, -0.05) is 18.2 Å². The highest BCUT2D eigenvalue weighted by Crippen LogP contribution is 2.24. The molecule has 1 aliphatic rings. The number of carbonyl (C=O) groups is 1. The summed E-state index contributed by atoms with van der Waals surface area (Å²) in [5, 5.41) is 12.9. The lowest BCUT2D eigenvalue weighted by Gasteiger charge is -2.32. The Balaban J connectivity index is 1.37. The average molecular weight is 357 g/mol. The van der Waals surface area contributed by atoms with Gasteiger partial charge < -0.3 is 10.2 Å². The minimum Gasteiger partial charge on any atom is -0.357 e. The van der Waals surface area contributed by atoms with Crippen LogP contribution in [0.1, 0.15) is 18.4 Å². The Morgan fingerprint density at radius 1 is 1.11 bits per heavy atom. The largest absolute Gasteiger partial charge is 0.357 e. The number of para-hydroxylation sites is 1. The van der Waals surface area contributed by atoms with Gasteiger partial charge in [-0.15, -0.1) is 0 Å². The molecule has 1 saturated heterocycles. The van der Waals surface area contributed by atoms with E-state index in [2.05, 4.69) is 26.3 Å². The van der Waals surface area contributed by atoms with Crippen molar-refractivity contribution in [3.05, 3.63) is 60.4 Å². The first kappa shape index (κ1) is 17.0. The zero-order valence-electron chi connectivity index (χ0n) is 14.8. The maximum Gasteiger partial charge on any atom is 0.227 e. The van der Waals surface area contributed by atoms with Crippen LogP contribution in [-0.2, 0) is 4.79 Å². The fraction of sp³-hybridized carbons (Fsp3) is 0.238. The van der Waals surface area contributed by atoms with E-state index in [1.807, 2.05) is 36.4 Å². The summed E-state index contributed by atoms with van der Waals surface area (Å²) in [7, 11) is 0. The van der Waals surface area contributed by atoms with E-state index in [4.69, 9.17) is 5.26 Å². The van der Waals surface area contributed by atoms with Crippen molar-refractivity contribution >= 4 is 28.3 Å². The molecule has 2 aromatic heterocycles. The van der Waals surface area contributed by atoms with Crippen LogP contribution in [0.4, 0.5) is 11.5 Å². The zero-order valence-corrected chi connectivity index (χ0v) is 14.8. The number of anilines is 2. The summed E-state index contributed by atoms with van der Waals surface area (Å²) in [6.07, 6.45) is 4.83. The predicted molar refractivity (Wildman–Crippen MR) is 104 cm³/mol. The number of nitrogens with one attached hydrogen (secondary N) is 1. The summed E-state index contributed by atoms with van der Waals surface area (Å²) in [5.41, 5.74) is 2.20. The van der Waals surface area contributed by atoms with Crippen molar-refractivity contribution in [1.82, 2.24) is 9.97 Å². The molecule has 0 aliphatic carbocycles. The minimum atomic E-state index is -0.0221. The van der Waals surface area contributed by atoms with Crippen LogP contribution in [0.15, 0.2) is 54.9 Å². The third kappa shape index (κ3) is 3.72. The molecular formula is C21H19N5O. The number of benzene rings is 1. The molecule has 0 unspecified atom stereocenters. The van der Waals surface area contributed by atoms with Crippen LogP contribution in [0.5, 0.6) is 0 Å². The van der Waals surface area contributed by atoms with Crippen LogP contribution < -0.4 is 10.2 Å². The van der Waals surface area contributed by atoms with Crippen LogP contribution in [0.25, 0.3) is 10.9 Å². The van der Waals surface area contributed by atoms with Gasteiger partial charge in [-0.3, -0.25) is 9.78 Å². The molecule has 0 atom stereocenters. The Bertz CT molecular complexity index is 1000. The minimum absolute atomic E-state index is 0.0221. The molecule has 27 heavy (non-hydrogen) atoms. The number of piperidine rings is 1. The molecule has 1 amide bonds. The molecule has 134 valence electrons. The number of nitrogens with zero attached hydrogens (tertiary/aromatic N) is 4. The molecule has 1 N–H and O–H groups in total. The monoisotopic (exact) mass is 357 g/mol. The van der Waals surface area contributed by atoms with Gasteiger partial charge in [0.15, 0.2) is 0 Å². The Morgan fingerprint density at radius 2 is 1.93 bits per heavy atom. The number of rotatable bonds is 3. The van der Waals surface area contributed by atoms with E-state index in [-0.39, 0.29) is 11.8 Å². The quantitative estimate of drug-likeness (QED) is 0.777. The van der Waals surface area contributed by atoms with Crippen LogP contribution >= 0.6 is 0 Å². The van der Waals surface area contributed by atoms with Crippen molar-refractivity contribution in [3.8, 4) is 6.07 Å². The molecule has 3 aromatic rings. The van der Waals surface area contributed by atoms with Crippen molar-refractivity contribution in [3.63, 3.8) is 0 Å². The molecule has 0 saturated carbocycles. The van der Waals surface area contributed by atoms with Crippen molar-refractivity contribution in [1.29, 1.82) is 5.26 Å². The molecule has 3 heterocycles. The maximum absolute atomic E-state index is 12.6. The Kier molecular flexibility index (Phi) is 4.67. The second-order valence-electron chi connectivity index (χ2n) is 6.68. The zero-order chi connectivity index (χ0) is 18.6. The number of aromatic nitrogens is 2. The number of carbonyl (C=O) groups excluding carboxylic acids is 1. The van der Waals surface area contributed by atoms with Gasteiger partial charge in [-0.2, -0.15) is 5.26 Å². The van der Waals surface area contributed by atoms with E-state index >= 15 is 0 Å². The maximum atomic E-state index is 12.6. The first-order valence-corrected chi connectivity index (χ1v) is 9.00. The molecule has 4 rings (SSSR count). The number of hydrogen-bond acceptors (Lipinski definition) is 5. The molecule has 0 radical (unpaired) electrons. The summed E-state index contributed by atoms with van der Waals surface area (Å²) in [6, 6.07) is 15.5. The molecule has 0 spiro atoms. The third-order valence-electron chi connectivity index (χ3n) is 4.92. The van der Waals surface area contributed by atoms with Gasteiger partial charge >= 0.3 is 0 Å². The van der Waals surface area contributed by atoms with E-state index in [1.165, 1.54) is 0 Å². The van der Waals surface area contributed by atoms with Gasteiger partial charge in [-0.25, -0.2) is 4.98 Å².